The predicted octanol–water partition coefficient (Wildman–Crippen LogP) is 5.10. The summed E-state index contributed by atoms with van der Waals surface area (Å²) in [6, 6.07) is 39.3. The number of rotatable bonds is 6. The maximum absolute atomic E-state index is 13.3. The normalized spacial score (nSPS) is 14.8. The molecule has 1 aliphatic rings. The molecule has 0 spiro atoms. The second-order valence-corrected chi connectivity index (χ2v) is 10.4. The van der Waals surface area contributed by atoms with Gasteiger partial charge in [-0.15, -0.1) is 0 Å². The fraction of sp³-hybridized carbons (Fsp3) is 0.0588. The molecule has 0 saturated heterocycles. The Kier molecular flexibility index (Phi) is 5.74. The molecule has 2 N–H and O–H groups in total. The minimum absolute atomic E-state index is 0.294. The molecule has 194 valence electrons. The van der Waals surface area contributed by atoms with Crippen LogP contribution in [-0.2, 0) is 11.2 Å². The van der Waals surface area contributed by atoms with Crippen molar-refractivity contribution in [3.8, 4) is 5.75 Å². The van der Waals surface area contributed by atoms with Gasteiger partial charge in [0.25, 0.3) is 0 Å². The summed E-state index contributed by atoms with van der Waals surface area (Å²) in [4.78, 5) is 16.6. The van der Waals surface area contributed by atoms with Gasteiger partial charge in [0.1, 0.15) is 6.21 Å². The van der Waals surface area contributed by atoms with Gasteiger partial charge in [-0.3, -0.25) is 0 Å². The Labute approximate surface area is 232 Å². The molecule has 6 heteroatoms. The van der Waals surface area contributed by atoms with Gasteiger partial charge in [0.05, 0.1) is 11.3 Å². The minimum atomic E-state index is -2.17. The maximum Gasteiger partial charge on any atom is 0.508 e. The zero-order valence-corrected chi connectivity index (χ0v) is 21.8. The smallest absolute Gasteiger partial charge is 0.508 e. The first-order valence-electron chi connectivity index (χ1n) is 13.5. The highest BCUT2D eigenvalue weighted by atomic mass is 16.5. The van der Waals surface area contributed by atoms with E-state index in [0.717, 1.165) is 49.5 Å². The molecule has 0 fully saturated rings. The van der Waals surface area contributed by atoms with Gasteiger partial charge in [-0.2, -0.15) is 0 Å². The van der Waals surface area contributed by atoms with Gasteiger partial charge < -0.3 is 19.2 Å². The lowest BCUT2D eigenvalue weighted by atomic mass is 9.40. The van der Waals surface area contributed by atoms with E-state index in [4.69, 9.17) is 4.65 Å². The van der Waals surface area contributed by atoms with Gasteiger partial charge in [0.15, 0.2) is 0 Å². The average molecular weight is 522 g/mol. The molecule has 0 saturated carbocycles. The summed E-state index contributed by atoms with van der Waals surface area (Å²) in [7, 11) is 0. The second-order valence-electron chi connectivity index (χ2n) is 10.4. The zero-order chi connectivity index (χ0) is 27.1. The van der Waals surface area contributed by atoms with Crippen molar-refractivity contribution >= 4 is 51.3 Å². The number of aromatic nitrogens is 1. The largest absolute Gasteiger partial charge is 0.651 e. The van der Waals surface area contributed by atoms with E-state index in [9.17, 15) is 9.90 Å². The zero-order valence-electron chi connectivity index (χ0n) is 21.8. The molecule has 0 unspecified atom stereocenters. The summed E-state index contributed by atoms with van der Waals surface area (Å²) < 4.78 is 9.11. The fourth-order valence-electron chi connectivity index (χ4n) is 6.28. The number of carbonyl (C=O) groups is 1. The highest BCUT2D eigenvalue weighted by Crippen LogP contribution is 2.33. The molecular weight excluding hydrogens is 495 g/mol. The third-order valence-corrected chi connectivity index (χ3v) is 8.16. The van der Waals surface area contributed by atoms with Gasteiger partial charge in [0, 0.05) is 23.5 Å². The number of hydrogen-bond donors (Lipinski definition) is 2. The van der Waals surface area contributed by atoms with Crippen LogP contribution in [0.1, 0.15) is 11.1 Å². The van der Waals surface area contributed by atoms with Crippen molar-refractivity contribution in [1.82, 2.24) is 4.98 Å². The van der Waals surface area contributed by atoms with Crippen LogP contribution >= 0.6 is 0 Å². The molecular formula is C34H27BN2O3. The van der Waals surface area contributed by atoms with E-state index in [1.54, 1.807) is 0 Å². The summed E-state index contributed by atoms with van der Waals surface area (Å²) in [6.45, 7) is -2.17. The van der Waals surface area contributed by atoms with E-state index in [1.165, 1.54) is 0 Å². The Balaban J connectivity index is 1.53. The highest BCUT2D eigenvalue weighted by Gasteiger charge is 2.52. The third kappa shape index (κ3) is 3.80. The Morgan fingerprint density at radius 1 is 0.775 bits per heavy atom. The number of aromatic amines is 1. The van der Waals surface area contributed by atoms with Crippen LogP contribution in [-0.4, -0.2) is 39.3 Å². The summed E-state index contributed by atoms with van der Waals surface area (Å²) in [5.41, 5.74) is 4.64. The molecule has 0 amide bonds. The van der Waals surface area contributed by atoms with Crippen LogP contribution in [0.3, 0.4) is 0 Å². The molecule has 6 aromatic rings. The summed E-state index contributed by atoms with van der Waals surface area (Å²) >= 11 is 0. The lowest BCUT2D eigenvalue weighted by molar-refractivity contribution is -0.438. The molecule has 5 nitrogen and oxygen atoms in total. The Morgan fingerprint density at radius 3 is 2.10 bits per heavy atom. The van der Waals surface area contributed by atoms with E-state index in [-0.39, 0.29) is 0 Å². The van der Waals surface area contributed by atoms with E-state index < -0.39 is 18.5 Å². The number of nitrogens with one attached hydrogen (secondary N) is 1. The lowest BCUT2D eigenvalue weighted by Crippen LogP contribution is -2.75. The highest BCUT2D eigenvalue weighted by molar-refractivity contribution is 6.92. The molecule has 1 atom stereocenters. The number of nitrogens with zero attached hydrogens (tertiary/aromatic N) is 1. The van der Waals surface area contributed by atoms with E-state index in [2.05, 4.69) is 23.2 Å². The third-order valence-electron chi connectivity index (χ3n) is 8.16. The first kappa shape index (κ1) is 24.0. The predicted molar refractivity (Wildman–Crippen MR) is 161 cm³/mol. The van der Waals surface area contributed by atoms with Crippen LogP contribution in [0.2, 0.25) is 0 Å². The Bertz CT molecular complexity index is 1860. The van der Waals surface area contributed by atoms with Crippen molar-refractivity contribution < 1.29 is 19.0 Å². The monoisotopic (exact) mass is 522 g/mol. The molecule has 1 aromatic heterocycles. The number of benzene rings is 5. The van der Waals surface area contributed by atoms with Crippen LogP contribution in [0.4, 0.5) is 0 Å². The van der Waals surface area contributed by atoms with E-state index in [1.807, 2.05) is 120 Å². The summed E-state index contributed by atoms with van der Waals surface area (Å²) in [6.07, 6.45) is 4.24. The Morgan fingerprint density at radius 2 is 1.40 bits per heavy atom. The van der Waals surface area contributed by atoms with Crippen LogP contribution in [0, 0.1) is 0 Å². The SMILES string of the molecule is O=C(O)[C@@H](Cc1c[nH]c2ccccc12)[N+]1=Cc2c(ccc3ccccc23)O[B-]1(c1ccccc1)c1ccccc1. The topological polar surface area (TPSA) is 65.3 Å². The molecule has 0 radical (unpaired) electrons. The van der Waals surface area contributed by atoms with Gasteiger partial charge in [-0.25, -0.2) is 4.79 Å². The number of H-pyrrole nitrogens is 1. The minimum Gasteiger partial charge on any atom is -0.651 e. The fourth-order valence-corrected chi connectivity index (χ4v) is 6.28. The van der Waals surface area contributed by atoms with Crippen molar-refractivity contribution in [3.05, 3.63) is 139 Å². The molecule has 2 heterocycles. The van der Waals surface area contributed by atoms with Gasteiger partial charge >= 0.3 is 12.5 Å². The van der Waals surface area contributed by atoms with Crippen LogP contribution in [0.25, 0.3) is 21.7 Å². The molecule has 1 aliphatic heterocycles. The van der Waals surface area contributed by atoms with Crippen LogP contribution < -0.4 is 15.6 Å². The van der Waals surface area contributed by atoms with Crippen LogP contribution in [0.5, 0.6) is 5.75 Å². The number of carboxylic acids is 1. The van der Waals surface area contributed by atoms with Crippen molar-refractivity contribution in [2.45, 2.75) is 12.5 Å². The number of aliphatic carboxylic acids is 1. The molecule has 5 aromatic carbocycles. The van der Waals surface area contributed by atoms with Gasteiger partial charge in [0.2, 0.25) is 6.04 Å². The van der Waals surface area contributed by atoms with Gasteiger partial charge in [-0.1, -0.05) is 120 Å². The summed E-state index contributed by atoms with van der Waals surface area (Å²) in [5, 5.41) is 14.0. The van der Waals surface area contributed by atoms with E-state index in [0.29, 0.717) is 6.42 Å². The second kappa shape index (κ2) is 9.58. The van der Waals surface area contributed by atoms with E-state index >= 15 is 0 Å². The molecule has 7 rings (SSSR count). The first-order valence-corrected chi connectivity index (χ1v) is 13.5. The first-order chi connectivity index (χ1) is 19.6. The molecule has 0 bridgehead atoms. The number of para-hydroxylation sites is 1. The number of carboxylic acid groups (broad SMARTS) is 1. The van der Waals surface area contributed by atoms with Crippen molar-refractivity contribution in [3.63, 3.8) is 0 Å². The number of fused-ring (bicyclic) bond motifs is 4. The maximum atomic E-state index is 13.3. The van der Waals surface area contributed by atoms with Crippen molar-refractivity contribution in [2.24, 2.45) is 0 Å². The summed E-state index contributed by atoms with van der Waals surface area (Å²) in [5.74, 6) is -0.175. The van der Waals surface area contributed by atoms with Gasteiger partial charge in [-0.05, 0) is 28.5 Å². The van der Waals surface area contributed by atoms with Crippen LogP contribution in [0.15, 0.2) is 128 Å². The average Bonchev–Trinajstić information content (AvgIpc) is 3.42. The number of hydrogen-bond acceptors (Lipinski definition) is 2. The van der Waals surface area contributed by atoms with Crippen molar-refractivity contribution in [1.29, 1.82) is 0 Å². The standard InChI is InChI=1S/C34H27BN2O3/c38-34(39)32(21-25-22-36-31-18-10-9-17-29(25)31)37-23-30-28-16-8-7-11-24(28)19-20-33(30)40-35(37,26-12-3-1-4-13-26)27-14-5-2-6-15-27/h1-20,22-23,32,36H,21H2,(H,38,39)/t32-/m1/s1. The quantitative estimate of drug-likeness (QED) is 0.300. The lowest BCUT2D eigenvalue weighted by Gasteiger charge is -2.44. The molecule has 0 aliphatic carbocycles. The Hall–Kier alpha value is -5.10. The van der Waals surface area contributed by atoms with Crippen molar-refractivity contribution in [2.75, 3.05) is 0 Å². The molecule has 40 heavy (non-hydrogen) atoms.